The fourth-order valence-corrected chi connectivity index (χ4v) is 5.01. The van der Waals surface area contributed by atoms with Gasteiger partial charge in [-0.25, -0.2) is 0 Å². The number of nitrogens with zero attached hydrogens (tertiary/aromatic N) is 4. The Kier molecular flexibility index (Phi) is 4.84. The molecular formula is C20H29N5OS. The van der Waals surface area contributed by atoms with Crippen LogP contribution < -0.4 is 5.32 Å². The Morgan fingerprint density at radius 3 is 2.70 bits per heavy atom. The lowest BCUT2D eigenvalue weighted by Gasteiger charge is -2.44. The Bertz CT molecular complexity index is 797. The molecule has 2 aliphatic rings. The molecule has 2 aliphatic heterocycles. The van der Waals surface area contributed by atoms with Gasteiger partial charge in [-0.15, -0.1) is 21.5 Å². The van der Waals surface area contributed by atoms with Crippen molar-refractivity contribution in [2.45, 2.75) is 65.1 Å². The summed E-state index contributed by atoms with van der Waals surface area (Å²) in [6.45, 7) is 10.1. The first-order chi connectivity index (χ1) is 12.8. The standard InChI is InChI=1S/C20H29N5OS/c1-19(2,3)21-18(26)17-23-22-16-6-7-20(14-25(16)17)8-10-24(11-9-20)13-15-5-4-12-27-15/h4-5,12H,6-11,13-14H2,1-3H3,(H,21,26). The van der Waals surface area contributed by atoms with E-state index in [9.17, 15) is 4.79 Å². The number of aromatic nitrogens is 3. The van der Waals surface area contributed by atoms with E-state index in [4.69, 9.17) is 0 Å². The summed E-state index contributed by atoms with van der Waals surface area (Å²) >= 11 is 1.84. The average molecular weight is 388 g/mol. The maximum atomic E-state index is 12.7. The summed E-state index contributed by atoms with van der Waals surface area (Å²) < 4.78 is 2.08. The topological polar surface area (TPSA) is 63.1 Å². The molecule has 0 aliphatic carbocycles. The van der Waals surface area contributed by atoms with Crippen LogP contribution in [0, 0.1) is 5.41 Å². The van der Waals surface area contributed by atoms with Crippen LogP contribution >= 0.6 is 11.3 Å². The zero-order valence-corrected chi connectivity index (χ0v) is 17.3. The second kappa shape index (κ2) is 7.02. The molecule has 0 aromatic carbocycles. The molecule has 1 spiro atoms. The first kappa shape index (κ1) is 18.6. The van der Waals surface area contributed by atoms with Gasteiger partial charge in [-0.1, -0.05) is 6.07 Å². The van der Waals surface area contributed by atoms with Crippen LogP contribution in [0.5, 0.6) is 0 Å². The van der Waals surface area contributed by atoms with Gasteiger partial charge >= 0.3 is 0 Å². The molecule has 1 saturated heterocycles. The lowest BCUT2D eigenvalue weighted by Crippen LogP contribution is -2.46. The van der Waals surface area contributed by atoms with E-state index < -0.39 is 0 Å². The largest absolute Gasteiger partial charge is 0.345 e. The minimum atomic E-state index is -0.275. The highest BCUT2D eigenvalue weighted by Crippen LogP contribution is 2.41. The van der Waals surface area contributed by atoms with E-state index in [2.05, 4.69) is 42.5 Å². The highest BCUT2D eigenvalue weighted by Gasteiger charge is 2.40. The Morgan fingerprint density at radius 1 is 1.26 bits per heavy atom. The lowest BCUT2D eigenvalue weighted by atomic mass is 9.73. The molecule has 7 heteroatoms. The van der Waals surface area contributed by atoms with Crippen molar-refractivity contribution in [1.29, 1.82) is 0 Å². The molecule has 146 valence electrons. The summed E-state index contributed by atoms with van der Waals surface area (Å²) in [4.78, 5) is 16.7. The minimum absolute atomic E-state index is 0.117. The van der Waals surface area contributed by atoms with Crippen LogP contribution in [0.4, 0.5) is 0 Å². The van der Waals surface area contributed by atoms with Crippen LogP contribution in [-0.4, -0.2) is 44.2 Å². The number of carbonyl (C=O) groups is 1. The third-order valence-electron chi connectivity index (χ3n) is 5.77. The van der Waals surface area contributed by atoms with Gasteiger partial charge in [-0.2, -0.15) is 0 Å². The molecule has 27 heavy (non-hydrogen) atoms. The van der Waals surface area contributed by atoms with Crippen molar-refractivity contribution in [2.75, 3.05) is 13.1 Å². The fourth-order valence-electron chi connectivity index (χ4n) is 4.26. The van der Waals surface area contributed by atoms with E-state index >= 15 is 0 Å². The number of nitrogens with one attached hydrogen (secondary N) is 1. The van der Waals surface area contributed by atoms with Gasteiger partial charge in [0.2, 0.25) is 5.82 Å². The average Bonchev–Trinajstić information content (AvgIpc) is 3.25. The first-order valence-electron chi connectivity index (χ1n) is 9.83. The molecule has 1 N–H and O–H groups in total. The monoisotopic (exact) mass is 387 g/mol. The molecular weight excluding hydrogens is 358 g/mol. The van der Waals surface area contributed by atoms with Gasteiger partial charge < -0.3 is 9.88 Å². The predicted molar refractivity (Wildman–Crippen MR) is 107 cm³/mol. The lowest BCUT2D eigenvalue weighted by molar-refractivity contribution is 0.0620. The van der Waals surface area contributed by atoms with Crippen LogP contribution in [0.3, 0.4) is 0 Å². The molecule has 4 rings (SSSR count). The van der Waals surface area contributed by atoms with E-state index in [1.807, 2.05) is 32.1 Å². The molecule has 1 amide bonds. The van der Waals surface area contributed by atoms with Crippen molar-refractivity contribution in [3.63, 3.8) is 0 Å². The summed E-state index contributed by atoms with van der Waals surface area (Å²) in [5, 5.41) is 13.7. The first-order valence-corrected chi connectivity index (χ1v) is 10.7. The molecule has 2 aromatic rings. The smallest absolute Gasteiger partial charge is 0.289 e. The Balaban J connectivity index is 1.44. The quantitative estimate of drug-likeness (QED) is 0.879. The van der Waals surface area contributed by atoms with E-state index in [0.717, 1.165) is 44.8 Å². The number of aryl methyl sites for hydroxylation is 1. The molecule has 0 saturated carbocycles. The SMILES string of the molecule is CC(C)(C)NC(=O)c1nnc2n1CC1(CC2)CCN(Cc2cccs2)CC1. The molecule has 0 atom stereocenters. The number of rotatable bonds is 3. The summed E-state index contributed by atoms with van der Waals surface area (Å²) in [7, 11) is 0. The molecule has 4 heterocycles. The van der Waals surface area contributed by atoms with Crippen LogP contribution in [0.2, 0.25) is 0 Å². The van der Waals surface area contributed by atoms with Crippen LogP contribution in [0.25, 0.3) is 0 Å². The van der Waals surface area contributed by atoms with Gasteiger partial charge in [0.15, 0.2) is 0 Å². The molecule has 2 aromatic heterocycles. The Hall–Kier alpha value is -1.73. The van der Waals surface area contributed by atoms with Gasteiger partial charge in [0, 0.05) is 29.9 Å². The fraction of sp³-hybridized carbons (Fsp3) is 0.650. The van der Waals surface area contributed by atoms with Gasteiger partial charge in [0.05, 0.1) is 0 Å². The second-order valence-corrected chi connectivity index (χ2v) is 10.1. The van der Waals surface area contributed by atoms with Crippen LogP contribution in [0.1, 0.15) is 61.4 Å². The molecule has 1 fully saturated rings. The number of fused-ring (bicyclic) bond motifs is 1. The van der Waals surface area contributed by atoms with Crippen molar-refractivity contribution in [3.05, 3.63) is 34.0 Å². The predicted octanol–water partition coefficient (Wildman–Crippen LogP) is 3.10. The Labute approximate surface area is 165 Å². The summed E-state index contributed by atoms with van der Waals surface area (Å²) in [5.74, 6) is 1.31. The Morgan fingerprint density at radius 2 is 2.04 bits per heavy atom. The third-order valence-corrected chi connectivity index (χ3v) is 6.63. The van der Waals surface area contributed by atoms with Crippen LogP contribution in [-0.2, 0) is 19.5 Å². The number of amides is 1. The van der Waals surface area contributed by atoms with E-state index in [0.29, 0.717) is 5.82 Å². The van der Waals surface area contributed by atoms with Crippen molar-refractivity contribution in [2.24, 2.45) is 5.41 Å². The highest BCUT2D eigenvalue weighted by atomic mass is 32.1. The van der Waals surface area contributed by atoms with Crippen molar-refractivity contribution < 1.29 is 4.79 Å². The van der Waals surface area contributed by atoms with E-state index in [1.165, 1.54) is 17.7 Å². The van der Waals surface area contributed by atoms with Crippen LogP contribution in [0.15, 0.2) is 17.5 Å². The van der Waals surface area contributed by atoms with Gasteiger partial charge in [0.25, 0.3) is 5.91 Å². The maximum absolute atomic E-state index is 12.7. The van der Waals surface area contributed by atoms with E-state index in [1.54, 1.807) is 0 Å². The number of carbonyl (C=O) groups excluding carboxylic acids is 1. The summed E-state index contributed by atoms with van der Waals surface area (Å²) in [6, 6.07) is 4.35. The van der Waals surface area contributed by atoms with Gasteiger partial charge in [0.1, 0.15) is 5.82 Å². The van der Waals surface area contributed by atoms with Crippen molar-refractivity contribution in [3.8, 4) is 0 Å². The molecule has 0 bridgehead atoms. The van der Waals surface area contributed by atoms with E-state index in [-0.39, 0.29) is 16.9 Å². The zero-order valence-electron chi connectivity index (χ0n) is 16.5. The molecule has 6 nitrogen and oxygen atoms in total. The normalized spacial score (nSPS) is 19.8. The second-order valence-electron chi connectivity index (χ2n) is 9.09. The van der Waals surface area contributed by atoms with Gasteiger partial charge in [-0.3, -0.25) is 9.69 Å². The highest BCUT2D eigenvalue weighted by molar-refractivity contribution is 7.09. The zero-order chi connectivity index (χ0) is 19.1. The number of thiophene rings is 1. The summed E-state index contributed by atoms with van der Waals surface area (Å²) in [5.41, 5.74) is 0.00105. The number of hydrogen-bond acceptors (Lipinski definition) is 5. The van der Waals surface area contributed by atoms with Crippen molar-refractivity contribution in [1.82, 2.24) is 25.0 Å². The third kappa shape index (κ3) is 4.09. The van der Waals surface area contributed by atoms with Crippen molar-refractivity contribution >= 4 is 17.2 Å². The summed E-state index contributed by atoms with van der Waals surface area (Å²) in [6.07, 6.45) is 4.42. The number of likely N-dealkylation sites (tertiary alicyclic amines) is 1. The molecule has 0 unspecified atom stereocenters. The number of piperidine rings is 1. The molecule has 0 radical (unpaired) electrons. The number of hydrogen-bond donors (Lipinski definition) is 1. The van der Waals surface area contributed by atoms with Gasteiger partial charge in [-0.05, 0) is 70.0 Å². The minimum Gasteiger partial charge on any atom is -0.345 e. The maximum Gasteiger partial charge on any atom is 0.289 e.